The van der Waals surface area contributed by atoms with E-state index in [1.165, 1.54) is 5.57 Å². The molecule has 3 fully saturated rings. The van der Waals surface area contributed by atoms with Gasteiger partial charge in [0.1, 0.15) is 6.10 Å². The SMILES string of the molecule is C[C@@H](OS(=O)(=O)O)[C@@]1(O)CC[C@@H]2[C@@H]3CCC4=CC(=O)CC[C@]4(C)[C@H]3CC[C@@]21C. The van der Waals surface area contributed by atoms with Crippen molar-refractivity contribution >= 4 is 16.2 Å². The van der Waals surface area contributed by atoms with E-state index < -0.39 is 27.5 Å². The predicted octanol–water partition coefficient (Wildman–Crippen LogP) is 3.46. The zero-order chi connectivity index (χ0) is 20.5. The van der Waals surface area contributed by atoms with Gasteiger partial charge in [0.25, 0.3) is 0 Å². The highest BCUT2D eigenvalue weighted by molar-refractivity contribution is 7.80. The van der Waals surface area contributed by atoms with Gasteiger partial charge in [-0.3, -0.25) is 9.35 Å². The second-order valence-corrected chi connectivity index (χ2v) is 11.1. The molecule has 28 heavy (non-hydrogen) atoms. The van der Waals surface area contributed by atoms with Gasteiger partial charge in [-0.05, 0) is 81.1 Å². The summed E-state index contributed by atoms with van der Waals surface area (Å²) in [6, 6.07) is 0. The number of ketones is 1. The van der Waals surface area contributed by atoms with Crippen molar-refractivity contribution in [1.82, 2.24) is 0 Å². The topological polar surface area (TPSA) is 101 Å². The van der Waals surface area contributed by atoms with Crippen LogP contribution in [-0.4, -0.2) is 35.6 Å². The minimum Gasteiger partial charge on any atom is -0.387 e. The summed E-state index contributed by atoms with van der Waals surface area (Å²) < 4.78 is 36.4. The summed E-state index contributed by atoms with van der Waals surface area (Å²) in [4.78, 5) is 11.9. The van der Waals surface area contributed by atoms with Crippen LogP contribution in [0.2, 0.25) is 0 Å². The average Bonchev–Trinajstić information content (AvgIpc) is 2.87. The molecule has 0 aliphatic heterocycles. The molecule has 7 atom stereocenters. The van der Waals surface area contributed by atoms with E-state index in [-0.39, 0.29) is 11.2 Å². The lowest BCUT2D eigenvalue weighted by molar-refractivity contribution is -0.166. The third-order valence-electron chi connectivity index (χ3n) is 9.12. The molecule has 0 radical (unpaired) electrons. The zero-order valence-corrected chi connectivity index (χ0v) is 17.8. The number of aliphatic hydroxyl groups is 1. The second kappa shape index (κ2) is 6.37. The van der Waals surface area contributed by atoms with E-state index in [4.69, 9.17) is 8.74 Å². The minimum absolute atomic E-state index is 0.0649. The molecule has 0 heterocycles. The van der Waals surface area contributed by atoms with Crippen LogP contribution in [0.1, 0.15) is 72.1 Å². The average molecular weight is 413 g/mol. The summed E-state index contributed by atoms with van der Waals surface area (Å²) in [6.45, 7) is 5.93. The third-order valence-corrected chi connectivity index (χ3v) is 9.65. The molecule has 4 aliphatic carbocycles. The number of rotatable bonds is 3. The number of fused-ring (bicyclic) bond motifs is 5. The molecule has 0 aromatic carbocycles. The van der Waals surface area contributed by atoms with Crippen LogP contribution < -0.4 is 0 Å². The molecule has 7 heteroatoms. The molecule has 158 valence electrons. The fraction of sp³-hybridized carbons (Fsp3) is 0.857. The van der Waals surface area contributed by atoms with Gasteiger partial charge in [-0.2, -0.15) is 8.42 Å². The van der Waals surface area contributed by atoms with E-state index in [1.54, 1.807) is 6.92 Å². The summed E-state index contributed by atoms with van der Waals surface area (Å²) in [5.41, 5.74) is -0.349. The van der Waals surface area contributed by atoms with Crippen molar-refractivity contribution in [3.8, 4) is 0 Å². The molecule has 0 spiro atoms. The van der Waals surface area contributed by atoms with Gasteiger partial charge in [0, 0.05) is 11.8 Å². The summed E-state index contributed by atoms with van der Waals surface area (Å²) in [5.74, 6) is 1.50. The van der Waals surface area contributed by atoms with Gasteiger partial charge in [0.2, 0.25) is 0 Å². The summed E-state index contributed by atoms with van der Waals surface area (Å²) in [7, 11) is -4.62. The predicted molar refractivity (Wildman–Crippen MR) is 104 cm³/mol. The molecular formula is C21H32O6S. The van der Waals surface area contributed by atoms with Crippen LogP contribution in [0.5, 0.6) is 0 Å². The van der Waals surface area contributed by atoms with Crippen LogP contribution in [0.3, 0.4) is 0 Å². The van der Waals surface area contributed by atoms with Gasteiger partial charge in [0.05, 0.1) is 5.60 Å². The van der Waals surface area contributed by atoms with Gasteiger partial charge < -0.3 is 5.11 Å². The Morgan fingerprint density at radius 3 is 2.46 bits per heavy atom. The first-order chi connectivity index (χ1) is 12.9. The van der Waals surface area contributed by atoms with E-state index in [0.717, 1.165) is 38.5 Å². The summed E-state index contributed by atoms with van der Waals surface area (Å²) >= 11 is 0. The molecule has 4 rings (SSSR count). The third kappa shape index (κ3) is 2.84. The van der Waals surface area contributed by atoms with Gasteiger partial charge in [-0.15, -0.1) is 0 Å². The maximum absolute atomic E-state index is 11.9. The van der Waals surface area contributed by atoms with Crippen molar-refractivity contribution in [2.75, 3.05) is 0 Å². The minimum atomic E-state index is -4.62. The van der Waals surface area contributed by atoms with Crippen molar-refractivity contribution in [2.24, 2.45) is 28.6 Å². The Morgan fingerprint density at radius 1 is 1.11 bits per heavy atom. The van der Waals surface area contributed by atoms with E-state index in [9.17, 15) is 18.3 Å². The number of hydrogen-bond acceptors (Lipinski definition) is 5. The van der Waals surface area contributed by atoms with Crippen molar-refractivity contribution in [3.63, 3.8) is 0 Å². The van der Waals surface area contributed by atoms with Crippen LogP contribution in [0.15, 0.2) is 11.6 Å². The maximum Gasteiger partial charge on any atom is 0.397 e. The molecule has 0 aromatic heterocycles. The zero-order valence-electron chi connectivity index (χ0n) is 17.0. The fourth-order valence-electron chi connectivity index (χ4n) is 7.54. The van der Waals surface area contributed by atoms with Crippen LogP contribution in [0.4, 0.5) is 0 Å². The number of allylic oxidation sites excluding steroid dienone is 1. The highest BCUT2D eigenvalue weighted by Gasteiger charge is 2.65. The van der Waals surface area contributed by atoms with Gasteiger partial charge >= 0.3 is 10.4 Å². The lowest BCUT2D eigenvalue weighted by Crippen LogP contribution is -2.58. The quantitative estimate of drug-likeness (QED) is 0.689. The van der Waals surface area contributed by atoms with Gasteiger partial charge in [-0.1, -0.05) is 19.4 Å². The maximum atomic E-state index is 11.9. The van der Waals surface area contributed by atoms with Crippen LogP contribution in [0, 0.1) is 28.6 Å². The molecule has 0 saturated heterocycles. The number of carbonyl (C=O) groups excluding carboxylic acids is 1. The number of hydrogen-bond donors (Lipinski definition) is 2. The largest absolute Gasteiger partial charge is 0.397 e. The smallest absolute Gasteiger partial charge is 0.387 e. The Balaban J connectivity index is 1.64. The molecule has 0 amide bonds. The second-order valence-electron chi connectivity index (χ2n) is 10.1. The first-order valence-electron chi connectivity index (χ1n) is 10.5. The summed E-state index contributed by atoms with van der Waals surface area (Å²) in [5, 5.41) is 11.5. The highest BCUT2D eigenvalue weighted by atomic mass is 32.3. The van der Waals surface area contributed by atoms with E-state index in [1.807, 2.05) is 6.08 Å². The van der Waals surface area contributed by atoms with Gasteiger partial charge in [0.15, 0.2) is 5.78 Å². The monoisotopic (exact) mass is 412 g/mol. The standard InChI is InChI=1S/C21H32O6S/c1-13(27-28(24,25)26)21(23)11-8-18-16-5-4-14-12-15(22)6-9-19(14,2)17(16)7-10-20(18,21)3/h12-13,16-18,23H,4-11H2,1-3H3,(H,24,25,26)/t13-,16-,17+,18-,19+,20+,21+/m1/s1. The molecule has 6 nitrogen and oxygen atoms in total. The Kier molecular flexibility index (Phi) is 4.66. The molecule has 4 aliphatic rings. The normalized spacial score (nSPS) is 47.0. The first kappa shape index (κ1) is 20.5. The van der Waals surface area contributed by atoms with Crippen molar-refractivity contribution in [2.45, 2.75) is 83.8 Å². The first-order valence-corrected chi connectivity index (χ1v) is 11.9. The molecule has 0 aromatic rings. The van der Waals surface area contributed by atoms with Crippen LogP contribution >= 0.6 is 0 Å². The summed E-state index contributed by atoms with van der Waals surface area (Å²) in [6.07, 6.45) is 7.45. The Hall–Kier alpha value is -0.760. The molecular weight excluding hydrogens is 380 g/mol. The fourth-order valence-corrected chi connectivity index (χ4v) is 8.06. The molecule has 0 bridgehead atoms. The van der Waals surface area contributed by atoms with Crippen molar-refractivity contribution in [3.05, 3.63) is 11.6 Å². The molecule has 0 unspecified atom stereocenters. The number of carbonyl (C=O) groups is 1. The van der Waals surface area contributed by atoms with Crippen LogP contribution in [-0.2, 0) is 19.4 Å². The van der Waals surface area contributed by atoms with Crippen molar-refractivity contribution in [1.29, 1.82) is 0 Å². The Labute approximate surface area is 167 Å². The molecule has 2 N–H and O–H groups in total. The van der Waals surface area contributed by atoms with Gasteiger partial charge in [-0.25, -0.2) is 4.18 Å². The van der Waals surface area contributed by atoms with E-state index in [0.29, 0.717) is 30.6 Å². The van der Waals surface area contributed by atoms with Crippen LogP contribution in [0.25, 0.3) is 0 Å². The Morgan fingerprint density at radius 2 is 1.79 bits per heavy atom. The lowest BCUT2D eigenvalue weighted by atomic mass is 9.46. The van der Waals surface area contributed by atoms with E-state index >= 15 is 0 Å². The molecule has 3 saturated carbocycles. The highest BCUT2D eigenvalue weighted by Crippen LogP contribution is 2.68. The lowest BCUT2D eigenvalue weighted by Gasteiger charge is -2.59. The van der Waals surface area contributed by atoms with E-state index in [2.05, 4.69) is 13.8 Å². The Bertz CT molecular complexity index is 819. The van der Waals surface area contributed by atoms with Crippen molar-refractivity contribution < 1.29 is 27.1 Å².